The van der Waals surface area contributed by atoms with Crippen molar-refractivity contribution in [2.75, 3.05) is 18.5 Å². The topological polar surface area (TPSA) is 216 Å². The summed E-state index contributed by atoms with van der Waals surface area (Å²) in [5.74, 6) is -1.22. The number of rotatable bonds is 15. The summed E-state index contributed by atoms with van der Waals surface area (Å²) in [6.45, 7) is 8.11. The van der Waals surface area contributed by atoms with Crippen LogP contribution in [0.5, 0.6) is 5.75 Å². The van der Waals surface area contributed by atoms with Crippen molar-refractivity contribution < 1.29 is 28.7 Å². The number of anilines is 1. The molecule has 256 valence electrons. The molecule has 0 aliphatic carbocycles. The summed E-state index contributed by atoms with van der Waals surface area (Å²) in [5.41, 5.74) is -0.374. The highest BCUT2D eigenvalue weighted by atomic mass is 32.2. The van der Waals surface area contributed by atoms with Crippen LogP contribution < -0.4 is 36.2 Å². The molecule has 0 bridgehead atoms. The first kappa shape index (κ1) is 36.1. The van der Waals surface area contributed by atoms with E-state index in [1.165, 1.54) is 29.6 Å². The third-order valence-electron chi connectivity index (χ3n) is 6.64. The standard InChI is InChI=1S/C31H38N8O7S2/c1-5-6-11-45-23-15-33-18(12-22(23)40)13-34-26(41)17-7-9-19(10-8-17)48-35-14-20-25(28(43)36-20)38-27(42)24(32)21-16-47-29(37-21)39-30(44)46-31(2,3)4/h7-10,12,15-16,20,25,32,35H,5-6,11,13-14H2,1-4H3,(H,33,40)(H,34,41)(H,36,43)(H,38,42)(H,37,39,44)/t20-,25+/m1/s1. The molecule has 15 nitrogen and oxygen atoms in total. The lowest BCUT2D eigenvalue weighted by molar-refractivity contribution is -0.134. The molecule has 7 N–H and O–H groups in total. The Morgan fingerprint density at radius 2 is 1.90 bits per heavy atom. The summed E-state index contributed by atoms with van der Waals surface area (Å²) in [6, 6.07) is 6.98. The first-order valence-corrected chi connectivity index (χ1v) is 16.8. The van der Waals surface area contributed by atoms with Gasteiger partial charge in [0.15, 0.2) is 10.9 Å². The van der Waals surface area contributed by atoms with Crippen molar-refractivity contribution in [1.82, 2.24) is 30.6 Å². The molecule has 0 saturated carbocycles. The van der Waals surface area contributed by atoms with Crippen LogP contribution in [0.4, 0.5) is 9.93 Å². The van der Waals surface area contributed by atoms with Gasteiger partial charge in [-0.2, -0.15) is 0 Å². The van der Waals surface area contributed by atoms with Crippen LogP contribution in [0.25, 0.3) is 0 Å². The van der Waals surface area contributed by atoms with E-state index in [0.29, 0.717) is 24.4 Å². The molecule has 4 amide bonds. The molecule has 1 aliphatic rings. The first-order chi connectivity index (χ1) is 22.8. The number of unbranched alkanes of at least 4 members (excludes halogenated alkanes) is 1. The zero-order valence-electron chi connectivity index (χ0n) is 26.9. The minimum Gasteiger partial charge on any atom is -0.488 e. The maximum absolute atomic E-state index is 12.7. The number of carbonyl (C=O) groups is 4. The Kier molecular flexibility index (Phi) is 12.3. The van der Waals surface area contributed by atoms with Gasteiger partial charge in [0, 0.05) is 40.3 Å². The van der Waals surface area contributed by atoms with E-state index in [0.717, 1.165) is 29.1 Å². The van der Waals surface area contributed by atoms with Gasteiger partial charge in [-0.1, -0.05) is 13.3 Å². The number of H-pyrrole nitrogens is 1. The smallest absolute Gasteiger partial charge is 0.413 e. The lowest BCUT2D eigenvalue weighted by Gasteiger charge is -2.37. The first-order valence-electron chi connectivity index (χ1n) is 15.1. The summed E-state index contributed by atoms with van der Waals surface area (Å²) in [6.07, 6.45) is 2.61. The Labute approximate surface area is 285 Å². The van der Waals surface area contributed by atoms with Crippen LogP contribution in [0, 0.1) is 5.41 Å². The number of hydrogen-bond donors (Lipinski definition) is 7. The molecule has 3 heterocycles. The number of benzene rings is 1. The van der Waals surface area contributed by atoms with Crippen molar-refractivity contribution in [2.24, 2.45) is 0 Å². The quantitative estimate of drug-likeness (QED) is 0.0533. The fourth-order valence-corrected chi connectivity index (χ4v) is 5.54. The minimum absolute atomic E-state index is 0.0440. The van der Waals surface area contributed by atoms with Gasteiger partial charge in [0.05, 0.1) is 19.2 Å². The van der Waals surface area contributed by atoms with Gasteiger partial charge in [-0.3, -0.25) is 34.6 Å². The van der Waals surface area contributed by atoms with Crippen molar-refractivity contribution in [3.8, 4) is 5.75 Å². The molecule has 1 saturated heterocycles. The average Bonchev–Trinajstić information content (AvgIpc) is 3.50. The van der Waals surface area contributed by atoms with Crippen molar-refractivity contribution in [3.05, 3.63) is 69.1 Å². The van der Waals surface area contributed by atoms with E-state index in [1.807, 2.05) is 6.92 Å². The lowest BCUT2D eigenvalue weighted by Crippen LogP contribution is -2.71. The SMILES string of the molecule is CCCCOc1c[nH]c(CNC(=O)c2ccc(SNC[C@H]3NC(=O)[C@H]3NC(=O)C(=N)c3csc(NC(=O)OC(C)(C)C)n3)cc2)cc1=O. The van der Waals surface area contributed by atoms with Crippen LogP contribution in [0.2, 0.25) is 0 Å². The molecule has 48 heavy (non-hydrogen) atoms. The zero-order valence-corrected chi connectivity index (χ0v) is 28.5. The Morgan fingerprint density at radius 3 is 2.56 bits per heavy atom. The summed E-state index contributed by atoms with van der Waals surface area (Å²) < 4.78 is 13.8. The molecular weight excluding hydrogens is 661 g/mol. The van der Waals surface area contributed by atoms with E-state index in [-0.39, 0.29) is 40.4 Å². The molecule has 0 unspecified atom stereocenters. The van der Waals surface area contributed by atoms with Gasteiger partial charge >= 0.3 is 6.09 Å². The second-order valence-corrected chi connectivity index (χ2v) is 13.5. The number of β-lactam (4-membered cyclic amide) rings is 1. The van der Waals surface area contributed by atoms with Gasteiger partial charge in [-0.05, 0) is 63.4 Å². The molecule has 0 spiro atoms. The van der Waals surface area contributed by atoms with Gasteiger partial charge in [0.2, 0.25) is 11.3 Å². The molecule has 1 fully saturated rings. The zero-order chi connectivity index (χ0) is 34.8. The summed E-state index contributed by atoms with van der Waals surface area (Å²) >= 11 is 2.31. The molecule has 0 radical (unpaired) electrons. The van der Waals surface area contributed by atoms with E-state index in [1.54, 1.807) is 45.0 Å². The number of pyridine rings is 1. The molecule has 2 atom stereocenters. The summed E-state index contributed by atoms with van der Waals surface area (Å²) in [5, 5.41) is 20.3. The number of nitrogens with zero attached hydrogens (tertiary/aromatic N) is 1. The van der Waals surface area contributed by atoms with Crippen LogP contribution in [-0.2, 0) is 20.9 Å². The number of aromatic nitrogens is 2. The monoisotopic (exact) mass is 698 g/mol. The molecule has 3 aromatic rings. The number of nitrogens with one attached hydrogen (secondary N) is 7. The average molecular weight is 699 g/mol. The van der Waals surface area contributed by atoms with Crippen molar-refractivity contribution >= 4 is 57.9 Å². The number of amides is 4. The van der Waals surface area contributed by atoms with E-state index in [2.05, 4.69) is 36.0 Å². The number of hydrogen-bond acceptors (Lipinski definition) is 12. The Balaban J connectivity index is 1.19. The van der Waals surface area contributed by atoms with Gasteiger partial charge in [0.1, 0.15) is 23.0 Å². The maximum Gasteiger partial charge on any atom is 0.413 e. The van der Waals surface area contributed by atoms with E-state index in [9.17, 15) is 24.0 Å². The van der Waals surface area contributed by atoms with Crippen LogP contribution >= 0.6 is 23.3 Å². The number of ether oxygens (including phenoxy) is 2. The number of carbonyl (C=O) groups excluding carboxylic acids is 4. The fourth-order valence-electron chi connectivity index (χ4n) is 4.15. The highest BCUT2D eigenvalue weighted by Crippen LogP contribution is 2.19. The van der Waals surface area contributed by atoms with Crippen molar-refractivity contribution in [1.29, 1.82) is 5.41 Å². The number of thiazole rings is 1. The Bertz CT molecular complexity index is 1700. The Hall–Kier alpha value is -4.74. The third-order valence-corrected chi connectivity index (χ3v) is 8.21. The van der Waals surface area contributed by atoms with Gasteiger partial charge < -0.3 is 30.4 Å². The predicted octanol–water partition coefficient (Wildman–Crippen LogP) is 2.94. The highest BCUT2D eigenvalue weighted by molar-refractivity contribution is 7.97. The summed E-state index contributed by atoms with van der Waals surface area (Å²) in [7, 11) is 0. The fraction of sp³-hybridized carbons (Fsp3) is 0.387. The third kappa shape index (κ3) is 10.4. The Morgan fingerprint density at radius 1 is 1.15 bits per heavy atom. The van der Waals surface area contributed by atoms with Crippen molar-refractivity contribution in [2.45, 2.75) is 69.7 Å². The highest BCUT2D eigenvalue weighted by Gasteiger charge is 2.40. The molecule has 17 heteroatoms. The largest absolute Gasteiger partial charge is 0.488 e. The molecule has 1 aliphatic heterocycles. The summed E-state index contributed by atoms with van der Waals surface area (Å²) in [4.78, 5) is 69.5. The van der Waals surface area contributed by atoms with Gasteiger partial charge in [-0.25, -0.2) is 9.78 Å². The van der Waals surface area contributed by atoms with Crippen LogP contribution in [-0.4, -0.2) is 70.3 Å². The van der Waals surface area contributed by atoms with Crippen LogP contribution in [0.15, 0.2) is 51.6 Å². The molecule has 2 aromatic heterocycles. The second-order valence-electron chi connectivity index (χ2n) is 11.7. The minimum atomic E-state index is -0.852. The van der Waals surface area contributed by atoms with E-state index < -0.39 is 35.4 Å². The molecule has 1 aromatic carbocycles. The maximum atomic E-state index is 12.7. The van der Waals surface area contributed by atoms with E-state index >= 15 is 0 Å². The lowest BCUT2D eigenvalue weighted by atomic mass is 9.99. The van der Waals surface area contributed by atoms with Gasteiger partial charge in [0.25, 0.3) is 11.8 Å². The van der Waals surface area contributed by atoms with Gasteiger partial charge in [-0.15, -0.1) is 11.3 Å². The normalized spacial score (nSPS) is 15.5. The van der Waals surface area contributed by atoms with Crippen LogP contribution in [0.1, 0.15) is 62.3 Å². The van der Waals surface area contributed by atoms with Crippen molar-refractivity contribution in [3.63, 3.8) is 0 Å². The second kappa shape index (κ2) is 16.4. The molecule has 4 rings (SSSR count). The predicted molar refractivity (Wildman–Crippen MR) is 182 cm³/mol. The number of aromatic amines is 1. The molecular formula is C31H38N8O7S2. The van der Waals surface area contributed by atoms with Crippen LogP contribution in [0.3, 0.4) is 0 Å². The van der Waals surface area contributed by atoms with E-state index in [4.69, 9.17) is 14.9 Å².